The van der Waals surface area contributed by atoms with Gasteiger partial charge in [0.05, 0.1) is 5.69 Å². The Bertz CT molecular complexity index is 1110. The Labute approximate surface area is 218 Å². The standard InChI is InChI=1S/C14H19N5O2.C12H18N2O2/c1-14(2,3)21-13(20)17-8-10-5-4-6-11(7-10)19-12(16)18-9-15;1-12(2,3)16-11(15)14-8-9-5-4-6-10(13)7-9/h4-7H,8H2,1-3H3,(H,17,20)(H3,16,18,19);4-7H,8,13H2,1-3H3,(H,14,15). The van der Waals surface area contributed by atoms with Crippen LogP contribution in [-0.4, -0.2) is 29.3 Å². The zero-order valence-electron chi connectivity index (χ0n) is 22.2. The van der Waals surface area contributed by atoms with Crippen LogP contribution in [0.3, 0.4) is 0 Å². The number of ether oxygens (including phenoxy) is 2. The molecule has 2 amide bonds. The summed E-state index contributed by atoms with van der Waals surface area (Å²) >= 11 is 0. The average molecular weight is 512 g/mol. The minimum Gasteiger partial charge on any atom is -0.444 e. The van der Waals surface area contributed by atoms with E-state index in [0.29, 0.717) is 24.5 Å². The molecule has 0 saturated heterocycles. The predicted octanol–water partition coefficient (Wildman–Crippen LogP) is 4.02. The van der Waals surface area contributed by atoms with E-state index in [1.807, 2.05) is 45.0 Å². The Hall–Kier alpha value is -4.46. The van der Waals surface area contributed by atoms with Crippen molar-refractivity contribution in [3.8, 4) is 6.19 Å². The van der Waals surface area contributed by atoms with Crippen LogP contribution in [-0.2, 0) is 22.6 Å². The number of nitrogens with one attached hydrogen (secondary N) is 3. The van der Waals surface area contributed by atoms with E-state index in [0.717, 1.165) is 11.1 Å². The quantitative estimate of drug-likeness (QED) is 0.131. The highest BCUT2D eigenvalue weighted by molar-refractivity contribution is 5.82. The van der Waals surface area contributed by atoms with Crippen LogP contribution < -0.4 is 27.4 Å². The van der Waals surface area contributed by atoms with E-state index in [9.17, 15) is 9.59 Å². The van der Waals surface area contributed by atoms with Gasteiger partial charge in [-0.3, -0.25) is 5.32 Å². The summed E-state index contributed by atoms with van der Waals surface area (Å²) in [7, 11) is 0. The van der Waals surface area contributed by atoms with Crippen LogP contribution in [0, 0.1) is 11.5 Å². The number of amides is 2. The number of hydrogen-bond donors (Lipinski definition) is 5. The number of alkyl carbamates (subject to hydrolysis) is 2. The first-order chi connectivity index (χ1) is 17.2. The number of benzene rings is 2. The number of hydrogen-bond acceptors (Lipinski definition) is 7. The van der Waals surface area contributed by atoms with E-state index < -0.39 is 23.4 Å². The fourth-order valence-electron chi connectivity index (χ4n) is 2.64. The van der Waals surface area contributed by atoms with Gasteiger partial charge in [-0.25, -0.2) is 14.6 Å². The molecule has 0 unspecified atom stereocenters. The van der Waals surface area contributed by atoms with Crippen molar-refractivity contribution >= 4 is 29.5 Å². The lowest BCUT2D eigenvalue weighted by atomic mass is 10.2. The average Bonchev–Trinajstić information content (AvgIpc) is 2.75. The molecule has 7 N–H and O–H groups in total. The summed E-state index contributed by atoms with van der Waals surface area (Å²) in [4.78, 5) is 26.9. The highest BCUT2D eigenvalue weighted by Crippen LogP contribution is 2.14. The van der Waals surface area contributed by atoms with Crippen molar-refractivity contribution in [1.29, 1.82) is 5.26 Å². The van der Waals surface area contributed by atoms with Gasteiger partial charge < -0.3 is 31.6 Å². The highest BCUT2D eigenvalue weighted by Gasteiger charge is 2.16. The van der Waals surface area contributed by atoms with Gasteiger partial charge in [0, 0.05) is 18.8 Å². The Balaban J connectivity index is 0.000000384. The number of aliphatic imine (C=N–C) groups is 1. The van der Waals surface area contributed by atoms with E-state index in [1.54, 1.807) is 51.2 Å². The van der Waals surface area contributed by atoms with Crippen LogP contribution in [0.2, 0.25) is 0 Å². The fraction of sp³-hybridized carbons (Fsp3) is 0.385. The summed E-state index contributed by atoms with van der Waals surface area (Å²) in [5, 5.41) is 16.0. The Morgan fingerprint density at radius 1 is 0.892 bits per heavy atom. The van der Waals surface area contributed by atoms with Crippen LogP contribution >= 0.6 is 0 Å². The van der Waals surface area contributed by atoms with Crippen LogP contribution in [0.15, 0.2) is 53.5 Å². The summed E-state index contributed by atoms with van der Waals surface area (Å²) in [6.45, 7) is 11.6. The molecular formula is C26H37N7O4. The van der Waals surface area contributed by atoms with E-state index in [-0.39, 0.29) is 5.96 Å². The number of nitrogens with zero attached hydrogens (tertiary/aromatic N) is 2. The number of carbonyl (C=O) groups is 2. The van der Waals surface area contributed by atoms with Gasteiger partial charge in [-0.1, -0.05) is 24.3 Å². The molecule has 2 aromatic rings. The molecule has 0 radical (unpaired) electrons. The molecule has 37 heavy (non-hydrogen) atoms. The third kappa shape index (κ3) is 15.2. The summed E-state index contributed by atoms with van der Waals surface area (Å²) in [5.41, 5.74) is 13.2. The molecule has 0 bridgehead atoms. The first-order valence-corrected chi connectivity index (χ1v) is 11.5. The monoisotopic (exact) mass is 511 g/mol. The first kappa shape index (κ1) is 30.6. The zero-order valence-corrected chi connectivity index (χ0v) is 22.2. The molecule has 0 saturated carbocycles. The molecule has 0 fully saturated rings. The van der Waals surface area contributed by atoms with Crippen molar-refractivity contribution in [2.75, 3.05) is 5.73 Å². The summed E-state index contributed by atoms with van der Waals surface area (Å²) in [6.07, 6.45) is 0.779. The number of nitrogens with two attached hydrogens (primary N) is 2. The fourth-order valence-corrected chi connectivity index (χ4v) is 2.64. The molecule has 0 aliphatic rings. The zero-order chi connectivity index (χ0) is 28.1. The van der Waals surface area contributed by atoms with Crippen molar-refractivity contribution in [2.24, 2.45) is 10.7 Å². The van der Waals surface area contributed by atoms with Crippen LogP contribution in [0.5, 0.6) is 0 Å². The molecule has 0 aliphatic heterocycles. The van der Waals surface area contributed by atoms with Gasteiger partial charge >= 0.3 is 12.2 Å². The van der Waals surface area contributed by atoms with Crippen molar-refractivity contribution in [1.82, 2.24) is 16.0 Å². The van der Waals surface area contributed by atoms with Crippen LogP contribution in [0.1, 0.15) is 52.7 Å². The molecule has 0 aromatic heterocycles. The topological polar surface area (TPSA) is 177 Å². The number of nitrogen functional groups attached to an aromatic ring is 1. The summed E-state index contributed by atoms with van der Waals surface area (Å²) < 4.78 is 10.3. The maximum absolute atomic E-state index is 11.6. The molecule has 11 heteroatoms. The second kappa shape index (κ2) is 14.2. The van der Waals surface area contributed by atoms with Crippen molar-refractivity contribution < 1.29 is 19.1 Å². The number of nitriles is 1. The molecule has 11 nitrogen and oxygen atoms in total. The lowest BCUT2D eigenvalue weighted by Gasteiger charge is -2.19. The van der Waals surface area contributed by atoms with Gasteiger partial charge in [0.25, 0.3) is 0 Å². The molecule has 2 rings (SSSR count). The summed E-state index contributed by atoms with van der Waals surface area (Å²) in [6, 6.07) is 14.5. The smallest absolute Gasteiger partial charge is 0.407 e. The molecule has 0 aliphatic carbocycles. The van der Waals surface area contributed by atoms with E-state index in [2.05, 4.69) is 20.9 Å². The van der Waals surface area contributed by atoms with Gasteiger partial charge in [-0.15, -0.1) is 0 Å². The lowest BCUT2D eigenvalue weighted by molar-refractivity contribution is 0.0512. The van der Waals surface area contributed by atoms with E-state index in [4.69, 9.17) is 26.2 Å². The third-order valence-electron chi connectivity index (χ3n) is 3.97. The van der Waals surface area contributed by atoms with E-state index in [1.165, 1.54) is 0 Å². The van der Waals surface area contributed by atoms with Crippen molar-refractivity contribution in [3.05, 3.63) is 59.7 Å². The molecule has 0 spiro atoms. The molecule has 0 atom stereocenters. The van der Waals surface area contributed by atoms with Crippen LogP contribution in [0.25, 0.3) is 0 Å². The van der Waals surface area contributed by atoms with E-state index >= 15 is 0 Å². The van der Waals surface area contributed by atoms with Gasteiger partial charge in [0.2, 0.25) is 5.96 Å². The molecule has 2 aromatic carbocycles. The highest BCUT2D eigenvalue weighted by atomic mass is 16.6. The summed E-state index contributed by atoms with van der Waals surface area (Å²) in [5.74, 6) is 0.00903. The number of carbonyl (C=O) groups excluding carboxylic acids is 2. The Morgan fingerprint density at radius 2 is 1.38 bits per heavy atom. The van der Waals surface area contributed by atoms with Crippen molar-refractivity contribution in [2.45, 2.75) is 65.8 Å². The molecular weight excluding hydrogens is 474 g/mol. The predicted molar refractivity (Wildman–Crippen MR) is 143 cm³/mol. The number of guanidine groups is 1. The van der Waals surface area contributed by atoms with Gasteiger partial charge in [-0.2, -0.15) is 5.26 Å². The largest absolute Gasteiger partial charge is 0.444 e. The van der Waals surface area contributed by atoms with Gasteiger partial charge in [-0.05, 0) is 76.9 Å². The maximum Gasteiger partial charge on any atom is 0.407 e. The van der Waals surface area contributed by atoms with Crippen LogP contribution in [0.4, 0.5) is 21.0 Å². The maximum atomic E-state index is 11.6. The van der Waals surface area contributed by atoms with Gasteiger partial charge in [0.1, 0.15) is 11.2 Å². The third-order valence-corrected chi connectivity index (χ3v) is 3.97. The minimum atomic E-state index is -0.534. The second-order valence-corrected chi connectivity index (χ2v) is 9.86. The Kier molecular flexibility index (Phi) is 11.7. The SMILES string of the molecule is CC(C)(C)OC(=O)NCc1cccc(N)c1.CC(C)(C)OC(=O)NCc1cccc(N=C(N)NC#N)c1. The normalized spacial score (nSPS) is 11.2. The second-order valence-electron chi connectivity index (χ2n) is 9.86. The molecule has 200 valence electrons. The lowest BCUT2D eigenvalue weighted by Crippen LogP contribution is -2.32. The number of rotatable bonds is 5. The molecule has 0 heterocycles. The Morgan fingerprint density at radius 3 is 1.84 bits per heavy atom. The van der Waals surface area contributed by atoms with Crippen molar-refractivity contribution in [3.63, 3.8) is 0 Å². The number of anilines is 1. The first-order valence-electron chi connectivity index (χ1n) is 11.5. The minimum absolute atomic E-state index is 0.00903. The van der Waals surface area contributed by atoms with Gasteiger partial charge in [0.15, 0.2) is 6.19 Å².